The van der Waals surface area contributed by atoms with Crippen LogP contribution in [0.2, 0.25) is 0 Å². The predicted molar refractivity (Wildman–Crippen MR) is 148 cm³/mol. The fourth-order valence-corrected chi connectivity index (χ4v) is 8.78. The summed E-state index contributed by atoms with van der Waals surface area (Å²) in [4.78, 5) is 0. The van der Waals surface area contributed by atoms with Crippen LogP contribution < -0.4 is 15.9 Å². The van der Waals surface area contributed by atoms with Gasteiger partial charge in [-0.05, 0) is 49.2 Å². The van der Waals surface area contributed by atoms with Crippen LogP contribution in [0.15, 0.2) is 91.0 Å². The van der Waals surface area contributed by atoms with E-state index in [-0.39, 0.29) is 0 Å². The van der Waals surface area contributed by atoms with Crippen LogP contribution >= 0.6 is 7.26 Å². The quantitative estimate of drug-likeness (QED) is 0.168. The smallest absolute Gasteiger partial charge is 0.112 e. The summed E-state index contributed by atoms with van der Waals surface area (Å²) < 4.78 is 27.2. The first-order chi connectivity index (χ1) is 16.4. The summed E-state index contributed by atoms with van der Waals surface area (Å²) in [5.74, 6) is 0. The molecule has 0 amide bonds. The molecule has 0 spiro atoms. The molecule has 3 aromatic carbocycles. The van der Waals surface area contributed by atoms with Crippen molar-refractivity contribution < 1.29 is 13.0 Å². The largest absolute Gasteiger partial charge is 0.748 e. The summed E-state index contributed by atoms with van der Waals surface area (Å²) in [5, 5.41) is 4.54. The molecule has 0 unspecified atom stereocenters. The molecule has 0 fully saturated rings. The van der Waals surface area contributed by atoms with E-state index < -0.39 is 17.4 Å². The molecule has 34 heavy (non-hydrogen) atoms. The van der Waals surface area contributed by atoms with E-state index >= 15 is 0 Å². The highest BCUT2D eigenvalue weighted by atomic mass is 32.2. The summed E-state index contributed by atoms with van der Waals surface area (Å²) in [6, 6.07) is 33.9. The van der Waals surface area contributed by atoms with Gasteiger partial charge in [-0.15, -0.1) is 0 Å². The third kappa shape index (κ3) is 9.70. The van der Waals surface area contributed by atoms with Gasteiger partial charge >= 0.3 is 0 Å². The van der Waals surface area contributed by atoms with E-state index in [0.29, 0.717) is 6.26 Å². The normalized spacial score (nSPS) is 11.5. The average Bonchev–Trinajstić information content (AvgIpc) is 2.84. The monoisotopic (exact) mass is 498 g/mol. The zero-order valence-corrected chi connectivity index (χ0v) is 22.3. The Balaban J connectivity index is 0.000000739. The van der Waals surface area contributed by atoms with Crippen LogP contribution in [-0.4, -0.2) is 25.4 Å². The van der Waals surface area contributed by atoms with Gasteiger partial charge in [0.25, 0.3) is 0 Å². The number of unbranched alkanes of at least 4 members (excludes halogenated alkanes) is 7. The van der Waals surface area contributed by atoms with Crippen LogP contribution in [-0.2, 0) is 10.1 Å². The van der Waals surface area contributed by atoms with Gasteiger partial charge in [-0.25, -0.2) is 8.42 Å². The summed E-state index contributed by atoms with van der Waals surface area (Å²) >= 11 is 0. The number of rotatable bonds is 12. The third-order valence-electron chi connectivity index (χ3n) is 5.94. The topological polar surface area (TPSA) is 57.2 Å². The van der Waals surface area contributed by atoms with Crippen LogP contribution in [0.3, 0.4) is 0 Å². The van der Waals surface area contributed by atoms with Crippen molar-refractivity contribution >= 4 is 33.3 Å². The van der Waals surface area contributed by atoms with Crippen LogP contribution in [0.25, 0.3) is 0 Å². The molecule has 0 saturated heterocycles. The minimum atomic E-state index is -3.92. The van der Waals surface area contributed by atoms with Crippen LogP contribution in [0.1, 0.15) is 58.3 Å². The van der Waals surface area contributed by atoms with E-state index in [9.17, 15) is 0 Å². The molecular formula is C29H39O3PS. The van der Waals surface area contributed by atoms with Crippen molar-refractivity contribution in [3.05, 3.63) is 91.0 Å². The number of benzene rings is 3. The molecule has 0 bridgehead atoms. The molecule has 0 aliphatic heterocycles. The van der Waals surface area contributed by atoms with Crippen LogP contribution in [0.5, 0.6) is 0 Å². The molecule has 0 aromatic heterocycles. The Labute approximate surface area is 207 Å². The molecule has 0 atom stereocenters. The molecule has 184 valence electrons. The molecule has 3 nitrogen and oxygen atoms in total. The fourth-order valence-electron chi connectivity index (χ4n) is 4.36. The number of hydrogen-bond donors (Lipinski definition) is 0. The molecule has 0 heterocycles. The second kappa shape index (κ2) is 15.1. The van der Waals surface area contributed by atoms with Gasteiger partial charge in [0, 0.05) is 6.26 Å². The first-order valence-corrected chi connectivity index (χ1v) is 16.1. The van der Waals surface area contributed by atoms with Crippen molar-refractivity contribution in [1.29, 1.82) is 0 Å². The molecule has 0 radical (unpaired) electrons. The minimum Gasteiger partial charge on any atom is -0.748 e. The van der Waals surface area contributed by atoms with E-state index in [0.717, 1.165) is 0 Å². The highest BCUT2D eigenvalue weighted by Crippen LogP contribution is 2.55. The van der Waals surface area contributed by atoms with Gasteiger partial charge in [-0.2, -0.15) is 0 Å². The van der Waals surface area contributed by atoms with Crippen molar-refractivity contribution in [2.45, 2.75) is 58.3 Å². The van der Waals surface area contributed by atoms with Gasteiger partial charge in [-0.1, -0.05) is 100 Å². The van der Waals surface area contributed by atoms with Gasteiger partial charge in [-0.3, -0.25) is 0 Å². The maximum absolute atomic E-state index is 9.08. The summed E-state index contributed by atoms with van der Waals surface area (Å²) in [5.41, 5.74) is 0. The lowest BCUT2D eigenvalue weighted by molar-refractivity contribution is 0.470. The molecule has 0 aliphatic rings. The highest BCUT2D eigenvalue weighted by molar-refractivity contribution is 7.95. The number of hydrogen-bond acceptors (Lipinski definition) is 3. The van der Waals surface area contributed by atoms with Crippen molar-refractivity contribution in [2.24, 2.45) is 0 Å². The lowest BCUT2D eigenvalue weighted by atomic mass is 10.1. The van der Waals surface area contributed by atoms with Crippen LogP contribution in [0, 0.1) is 0 Å². The Hall–Kier alpha value is -2.00. The lowest BCUT2D eigenvalue weighted by Crippen LogP contribution is -2.33. The van der Waals surface area contributed by atoms with Gasteiger partial charge in [0.05, 0.1) is 16.3 Å². The van der Waals surface area contributed by atoms with E-state index in [1.165, 1.54) is 73.4 Å². The molecule has 0 N–H and O–H groups in total. The maximum atomic E-state index is 9.08. The Bertz CT molecular complexity index is 918. The van der Waals surface area contributed by atoms with E-state index in [4.69, 9.17) is 13.0 Å². The lowest BCUT2D eigenvalue weighted by Gasteiger charge is -2.27. The zero-order valence-electron chi connectivity index (χ0n) is 20.6. The van der Waals surface area contributed by atoms with E-state index in [1.54, 1.807) is 0 Å². The predicted octanol–water partition coefficient (Wildman–Crippen LogP) is 6.28. The van der Waals surface area contributed by atoms with Gasteiger partial charge in [0.1, 0.15) is 23.2 Å². The Kier molecular flexibility index (Phi) is 12.5. The van der Waals surface area contributed by atoms with E-state index in [2.05, 4.69) is 97.9 Å². The Morgan fingerprint density at radius 3 is 1.21 bits per heavy atom. The van der Waals surface area contributed by atoms with Gasteiger partial charge in [0.15, 0.2) is 0 Å². The van der Waals surface area contributed by atoms with Crippen molar-refractivity contribution in [2.75, 3.05) is 12.4 Å². The Morgan fingerprint density at radius 2 is 0.882 bits per heavy atom. The first kappa shape index (κ1) is 28.2. The maximum Gasteiger partial charge on any atom is 0.112 e. The highest BCUT2D eigenvalue weighted by Gasteiger charge is 2.44. The molecule has 3 aromatic rings. The summed E-state index contributed by atoms with van der Waals surface area (Å²) in [7, 11) is -5.54. The molecule has 3 rings (SSSR count). The van der Waals surface area contributed by atoms with Gasteiger partial charge < -0.3 is 4.55 Å². The zero-order chi connectivity index (χ0) is 24.7. The summed E-state index contributed by atoms with van der Waals surface area (Å²) in [6.07, 6.45) is 12.8. The SMILES string of the molecule is CCCCCCCCCC[P+](c1ccccc1)(c1ccccc1)c1ccccc1.CS(=O)(=O)[O-]. The average molecular weight is 499 g/mol. The molecule has 5 heteroatoms. The first-order valence-electron chi connectivity index (χ1n) is 12.3. The molecule has 0 saturated carbocycles. The third-order valence-corrected chi connectivity index (χ3v) is 10.5. The van der Waals surface area contributed by atoms with Crippen molar-refractivity contribution in [1.82, 2.24) is 0 Å². The van der Waals surface area contributed by atoms with Crippen molar-refractivity contribution in [3.8, 4) is 0 Å². The molecular weight excluding hydrogens is 459 g/mol. The fraction of sp³-hybridized carbons (Fsp3) is 0.379. The molecule has 0 aliphatic carbocycles. The van der Waals surface area contributed by atoms with Crippen molar-refractivity contribution in [3.63, 3.8) is 0 Å². The minimum absolute atomic E-state index is 0.604. The second-order valence-corrected chi connectivity index (χ2v) is 13.7. The van der Waals surface area contributed by atoms with Crippen LogP contribution in [0.4, 0.5) is 0 Å². The second-order valence-electron chi connectivity index (χ2n) is 8.72. The van der Waals surface area contributed by atoms with E-state index in [1.807, 2.05) is 0 Å². The standard InChI is InChI=1S/C28H36P.CH4O3S/c1-2-3-4-5-6-7-8-18-25-29(26-19-12-9-13-20-26,27-21-14-10-15-22-27)28-23-16-11-17-24-28;1-5(2,3)4/h9-17,19-24H,2-8,18,25H2,1H3;1H3,(H,2,3,4)/q+1;/p-1. The summed E-state index contributed by atoms with van der Waals surface area (Å²) in [6.45, 7) is 2.29. The van der Waals surface area contributed by atoms with Gasteiger partial charge in [0.2, 0.25) is 0 Å². The Morgan fingerprint density at radius 1 is 0.588 bits per heavy atom.